The minimum absolute atomic E-state index is 0.819. The molecule has 1 unspecified atom stereocenters. The molecule has 0 aromatic heterocycles. The Morgan fingerprint density at radius 3 is 1.19 bits per heavy atom. The lowest BCUT2D eigenvalue weighted by molar-refractivity contribution is -0.401. The summed E-state index contributed by atoms with van der Waals surface area (Å²) in [6, 6.07) is -7.90. The van der Waals surface area contributed by atoms with Crippen molar-refractivity contribution in [3.05, 3.63) is 0 Å². The molecule has 44 nitrogen and oxygen atoms in total. The molecule has 26 N–H and O–H groups in total. The summed E-state index contributed by atoms with van der Waals surface area (Å²) in [5.41, 5.74) is 0. The number of nitrogens with one attached hydrogen (secondary N) is 4. The summed E-state index contributed by atoms with van der Waals surface area (Å²) in [5.74, 6) is -21.6. The summed E-state index contributed by atoms with van der Waals surface area (Å²) >= 11 is 0. The second-order valence-corrected chi connectivity index (χ2v) is 24.0. The highest BCUT2D eigenvalue weighted by Crippen LogP contribution is 2.43. The molecule has 97 heavy (non-hydrogen) atoms. The van der Waals surface area contributed by atoms with Gasteiger partial charge in [-0.05, 0) is 0 Å². The molecular weight excluding hydrogens is 1330 g/mol. The van der Waals surface area contributed by atoms with Crippen molar-refractivity contribution in [1.82, 2.24) is 21.3 Å². The zero-order valence-corrected chi connectivity index (χ0v) is 51.9. The number of hydrogen-bond donors (Lipinski definition) is 26. The largest absolute Gasteiger partial charge is 0.477 e. The maximum atomic E-state index is 14.0. The fraction of sp³-hybridized carbons (Fsp3) is 0.868. The number of carboxylic acids is 3. The van der Waals surface area contributed by atoms with Gasteiger partial charge in [-0.2, -0.15) is 0 Å². The first-order valence-electron chi connectivity index (χ1n) is 30.0. The predicted molar refractivity (Wildman–Crippen MR) is 297 cm³/mol. The van der Waals surface area contributed by atoms with E-state index >= 15 is 0 Å². The minimum Gasteiger partial charge on any atom is -0.477 e. The third-order valence-electron chi connectivity index (χ3n) is 17.0. The van der Waals surface area contributed by atoms with Crippen molar-refractivity contribution in [3.63, 3.8) is 0 Å². The summed E-state index contributed by atoms with van der Waals surface area (Å²) < 4.78 is 63.2. The zero-order valence-electron chi connectivity index (χ0n) is 51.9. The number of amides is 4. The van der Waals surface area contributed by atoms with Gasteiger partial charge in [-0.15, -0.1) is 0 Å². The van der Waals surface area contributed by atoms with Crippen LogP contribution in [0.15, 0.2) is 0 Å². The average molecular weight is 1420 g/mol. The Morgan fingerprint density at radius 1 is 0.423 bits per heavy atom. The molecule has 0 bridgehead atoms. The fourth-order valence-electron chi connectivity index (χ4n) is 12.2. The van der Waals surface area contributed by atoms with Gasteiger partial charge in [0, 0.05) is 47.0 Å². The maximum absolute atomic E-state index is 14.0. The van der Waals surface area contributed by atoms with Crippen molar-refractivity contribution >= 4 is 41.5 Å². The summed E-state index contributed by atoms with van der Waals surface area (Å²) in [6.07, 6.45) is -64.5. The Bertz CT molecular complexity index is 2680. The quantitative estimate of drug-likeness (QED) is 0.0331. The average Bonchev–Trinajstić information content (AvgIpc) is 0.749. The van der Waals surface area contributed by atoms with Crippen molar-refractivity contribution in [2.45, 2.75) is 248 Å². The van der Waals surface area contributed by atoms with E-state index < -0.39 is 301 Å². The van der Waals surface area contributed by atoms with Gasteiger partial charge in [0.1, 0.15) is 128 Å². The summed E-state index contributed by atoms with van der Waals surface area (Å²) in [7, 11) is 0. The number of carboxylic acid groups (broad SMARTS) is 3. The molecule has 0 aromatic rings. The molecule has 0 aromatic carbocycles. The van der Waals surface area contributed by atoms with Crippen LogP contribution in [0.5, 0.6) is 0 Å². The minimum atomic E-state index is -3.67. The molecular formula is C53H86N4O40. The molecule has 0 saturated carbocycles. The normalized spacial score (nSPS) is 42.1. The standard InChI is InChI=1S/C53H86N4O40/c1-14(64)54-27-18(68)5-51(48(81)82,94-41(27)31(72)21(71)8-58)92-23(10-60)33(74)42-28(55-15(2)65)19(69)6-52(95-42,49(83)84)93-24(11-61)34(75)43-29(56-16(3)66)20(70)7-53(96-43,50(85)86)97-44-38(79)47(90-39-25(12-62)87-45(80)37(78)36(39)77)89-26(13-63)40(44)91-46-30(57-17(4)67)35(76)32(73)22(9-59)88-46/h18-47,58-63,68-80H,5-13H2,1-4H3,(H,54,64)(H,55,65)(H,56,66)(H,57,67)(H,81,82)(H,83,84)(H,85,86)/t18-,19-,20-,21+,22+,23+,24+,25+,26+,27+,28+,29+,30+,31+,32-,33+,34+,35+,36+,37+,38+,39+,40-,41+,42+,43+,44+,45?,46-,47-,51+,52+,53-/m0/s1. The fourth-order valence-corrected chi connectivity index (χ4v) is 12.2. The van der Waals surface area contributed by atoms with Crippen LogP contribution < -0.4 is 21.3 Å². The molecule has 6 heterocycles. The highest BCUT2D eigenvalue weighted by Gasteiger charge is 2.65. The molecule has 6 aliphatic heterocycles. The lowest BCUT2D eigenvalue weighted by atomic mass is 9.86. The molecule has 558 valence electrons. The summed E-state index contributed by atoms with van der Waals surface area (Å²) in [6.45, 7) is -4.49. The molecule has 6 fully saturated rings. The molecule has 0 radical (unpaired) electrons. The number of carbonyl (C=O) groups excluding carboxylic acids is 4. The monoisotopic (exact) mass is 1420 g/mol. The molecule has 4 amide bonds. The van der Waals surface area contributed by atoms with Crippen LogP contribution in [0.2, 0.25) is 0 Å². The van der Waals surface area contributed by atoms with Gasteiger partial charge >= 0.3 is 17.9 Å². The Kier molecular flexibility index (Phi) is 28.2. The van der Waals surface area contributed by atoms with Crippen LogP contribution in [0, 0.1) is 0 Å². The van der Waals surface area contributed by atoms with Crippen LogP contribution in [0.3, 0.4) is 0 Å². The van der Waals surface area contributed by atoms with E-state index in [0.29, 0.717) is 0 Å². The molecule has 6 rings (SSSR count). The molecule has 33 atom stereocenters. The van der Waals surface area contributed by atoms with Gasteiger partial charge in [0.05, 0.1) is 76.1 Å². The molecule has 0 spiro atoms. The van der Waals surface area contributed by atoms with Crippen LogP contribution in [-0.2, 0) is 85.7 Å². The predicted octanol–water partition coefficient (Wildman–Crippen LogP) is -15.9. The van der Waals surface area contributed by atoms with Crippen LogP contribution in [0.4, 0.5) is 0 Å². The highest BCUT2D eigenvalue weighted by atomic mass is 16.8. The van der Waals surface area contributed by atoms with Crippen LogP contribution >= 0.6 is 0 Å². The van der Waals surface area contributed by atoms with Gasteiger partial charge in [-0.3, -0.25) is 19.2 Å². The van der Waals surface area contributed by atoms with E-state index in [1.807, 2.05) is 0 Å². The van der Waals surface area contributed by atoms with E-state index in [1.54, 1.807) is 0 Å². The maximum Gasteiger partial charge on any atom is 0.364 e. The van der Waals surface area contributed by atoms with Gasteiger partial charge in [-0.25, -0.2) is 14.4 Å². The Hall–Kier alpha value is -4.91. The zero-order chi connectivity index (χ0) is 72.8. The van der Waals surface area contributed by atoms with Crippen molar-refractivity contribution < 1.29 is 198 Å². The number of aliphatic carboxylic acids is 3. The highest BCUT2D eigenvalue weighted by molar-refractivity contribution is 5.78. The first kappa shape index (κ1) is 81.1. The molecule has 6 aliphatic rings. The van der Waals surface area contributed by atoms with E-state index in [-0.39, 0.29) is 0 Å². The number of hydrogen-bond acceptors (Lipinski definition) is 37. The van der Waals surface area contributed by atoms with Gasteiger partial charge in [-0.1, -0.05) is 0 Å². The van der Waals surface area contributed by atoms with Crippen LogP contribution in [0.25, 0.3) is 0 Å². The van der Waals surface area contributed by atoms with Crippen molar-refractivity contribution in [2.24, 2.45) is 0 Å². The summed E-state index contributed by atoms with van der Waals surface area (Å²) in [4.78, 5) is 91.0. The van der Waals surface area contributed by atoms with Crippen molar-refractivity contribution in [2.75, 3.05) is 39.6 Å². The van der Waals surface area contributed by atoms with E-state index in [9.17, 15) is 146 Å². The number of carbonyl (C=O) groups is 7. The number of rotatable bonds is 29. The topological polar surface area (TPSA) is 714 Å². The second kappa shape index (κ2) is 33.7. The van der Waals surface area contributed by atoms with E-state index in [4.69, 9.17) is 52.1 Å². The lowest BCUT2D eigenvalue weighted by Crippen LogP contribution is -2.72. The van der Waals surface area contributed by atoms with E-state index in [2.05, 4.69) is 21.3 Å². The van der Waals surface area contributed by atoms with Crippen LogP contribution in [0.1, 0.15) is 47.0 Å². The Balaban J connectivity index is 1.42. The second-order valence-electron chi connectivity index (χ2n) is 24.0. The Morgan fingerprint density at radius 2 is 0.794 bits per heavy atom. The van der Waals surface area contributed by atoms with Gasteiger partial charge in [0.25, 0.3) is 17.4 Å². The molecule has 6 saturated heterocycles. The van der Waals surface area contributed by atoms with Gasteiger partial charge in [0.15, 0.2) is 18.9 Å². The van der Waals surface area contributed by atoms with E-state index in [1.165, 1.54) is 0 Å². The van der Waals surface area contributed by atoms with Gasteiger partial charge in [0.2, 0.25) is 23.6 Å². The SMILES string of the molecule is CC(=O)N[C@H]1[C@H](O[C@@H]2[C@H](O[C@]3(C(=O)O)C[C@H](O)[C@@H](NC(C)=O)[C@H]([C@H](O)[C@@H](CO)O[C@]4(C(=O)O)C[C@H](O)[C@@H](NC(C)=O)[C@H]([C@H](O)[C@@H](CO)O[C@]5(C(=O)O)C[C@H](O)[C@@H](NC(C)=O)[C@H]([C@H](O)[C@H](O)CO)O5)O4)O3)[C@@H](O)[C@H](O[C@H]3[C@H](O)[C@@H](O)C(O)O[C@@H]3CO)O[C@@H]2CO)O[C@H](CO)[C@H](O)[C@@H]1O. The molecule has 44 heteroatoms. The van der Waals surface area contributed by atoms with Crippen LogP contribution in [-0.4, -0.2) is 394 Å². The number of ether oxygens (including phenoxy) is 11. The third kappa shape index (κ3) is 17.7. The number of aliphatic hydroxyl groups excluding tert-OH is 19. The van der Waals surface area contributed by atoms with E-state index in [0.717, 1.165) is 27.7 Å². The summed E-state index contributed by atoms with van der Waals surface area (Å²) in [5, 5.41) is 251. The van der Waals surface area contributed by atoms with Gasteiger partial charge < -0.3 is 186 Å². The third-order valence-corrected chi connectivity index (χ3v) is 17.0. The first-order valence-corrected chi connectivity index (χ1v) is 30.0. The Labute approximate surface area is 547 Å². The smallest absolute Gasteiger partial charge is 0.364 e. The number of aliphatic hydroxyl groups is 19. The van der Waals surface area contributed by atoms with Crippen molar-refractivity contribution in [3.8, 4) is 0 Å². The molecule has 0 aliphatic carbocycles. The van der Waals surface area contributed by atoms with Crippen molar-refractivity contribution in [1.29, 1.82) is 0 Å². The first-order chi connectivity index (χ1) is 45.4. The lowest BCUT2D eigenvalue weighted by Gasteiger charge is -2.52.